The molecule has 0 unspecified atom stereocenters. The number of guanidine groups is 1. The van der Waals surface area contributed by atoms with Gasteiger partial charge in [0.05, 0.1) is 13.1 Å². The number of hydrogen-bond acceptors (Lipinski definition) is 3. The molecule has 0 saturated heterocycles. The first-order chi connectivity index (χ1) is 9.81. The Balaban J connectivity index is 1.68. The zero-order valence-electron chi connectivity index (χ0n) is 11.2. The van der Waals surface area contributed by atoms with Crippen LogP contribution in [0, 0.1) is 0 Å². The lowest BCUT2D eigenvalue weighted by molar-refractivity contribution is 0.679. The smallest absolute Gasteiger partial charge is 0.189 e. The summed E-state index contributed by atoms with van der Waals surface area (Å²) in [6, 6.07) is 8.71. The van der Waals surface area contributed by atoms with E-state index in [1.165, 1.54) is 24.7 Å². The van der Waals surface area contributed by atoms with E-state index in [4.69, 9.17) is 5.73 Å². The Labute approximate surface area is 117 Å². The number of nitrogens with one attached hydrogen (secondary N) is 1. The number of benzene rings is 1. The topological polar surface area (TPSA) is 81.1 Å². The van der Waals surface area contributed by atoms with E-state index in [1.54, 1.807) is 11.0 Å². The van der Waals surface area contributed by atoms with E-state index in [2.05, 4.69) is 32.5 Å². The van der Waals surface area contributed by atoms with Gasteiger partial charge in [0, 0.05) is 6.04 Å². The van der Waals surface area contributed by atoms with Crippen LogP contribution >= 0.6 is 0 Å². The van der Waals surface area contributed by atoms with Crippen molar-refractivity contribution in [2.45, 2.75) is 32.0 Å². The summed E-state index contributed by atoms with van der Waals surface area (Å²) in [4.78, 5) is 8.36. The molecule has 6 nitrogen and oxygen atoms in total. The third-order valence-corrected chi connectivity index (χ3v) is 3.27. The van der Waals surface area contributed by atoms with Gasteiger partial charge >= 0.3 is 0 Å². The fraction of sp³-hybridized carbons (Fsp3) is 0.357. The molecule has 0 aliphatic heterocycles. The van der Waals surface area contributed by atoms with Crippen molar-refractivity contribution in [2.75, 3.05) is 0 Å². The molecule has 1 aliphatic carbocycles. The van der Waals surface area contributed by atoms with E-state index >= 15 is 0 Å². The quantitative estimate of drug-likeness (QED) is 0.624. The van der Waals surface area contributed by atoms with Gasteiger partial charge in [0.2, 0.25) is 0 Å². The maximum absolute atomic E-state index is 5.86. The largest absolute Gasteiger partial charge is 0.370 e. The van der Waals surface area contributed by atoms with Crippen LogP contribution in [-0.2, 0) is 13.1 Å². The maximum atomic E-state index is 5.86. The molecule has 6 heteroatoms. The van der Waals surface area contributed by atoms with Gasteiger partial charge in [-0.2, -0.15) is 5.10 Å². The van der Waals surface area contributed by atoms with Gasteiger partial charge in [0.15, 0.2) is 5.96 Å². The van der Waals surface area contributed by atoms with Crippen LogP contribution in [0.4, 0.5) is 0 Å². The second-order valence-corrected chi connectivity index (χ2v) is 4.98. The Hall–Kier alpha value is -2.37. The second kappa shape index (κ2) is 5.73. The van der Waals surface area contributed by atoms with Gasteiger partial charge in [-0.1, -0.05) is 24.3 Å². The van der Waals surface area contributed by atoms with Crippen LogP contribution in [0.5, 0.6) is 0 Å². The third kappa shape index (κ3) is 3.34. The molecule has 1 heterocycles. The van der Waals surface area contributed by atoms with E-state index < -0.39 is 0 Å². The molecule has 20 heavy (non-hydrogen) atoms. The molecule has 1 aromatic carbocycles. The summed E-state index contributed by atoms with van der Waals surface area (Å²) in [6.45, 7) is 1.28. The Morgan fingerprint density at radius 3 is 2.85 bits per heavy atom. The zero-order valence-corrected chi connectivity index (χ0v) is 11.2. The molecular weight excluding hydrogens is 252 g/mol. The Morgan fingerprint density at radius 1 is 1.35 bits per heavy atom. The summed E-state index contributed by atoms with van der Waals surface area (Å²) in [5, 5.41) is 7.32. The predicted molar refractivity (Wildman–Crippen MR) is 77.1 cm³/mol. The maximum Gasteiger partial charge on any atom is 0.189 e. The Morgan fingerprint density at radius 2 is 2.15 bits per heavy atom. The molecule has 1 saturated carbocycles. The third-order valence-electron chi connectivity index (χ3n) is 3.27. The van der Waals surface area contributed by atoms with Gasteiger partial charge in [0.25, 0.3) is 0 Å². The van der Waals surface area contributed by atoms with Gasteiger partial charge < -0.3 is 11.1 Å². The highest BCUT2D eigenvalue weighted by atomic mass is 15.3. The highest BCUT2D eigenvalue weighted by Gasteiger charge is 2.21. The SMILES string of the molecule is NC(=NCc1ccccc1Cn1cncn1)NC1CC1. The number of aliphatic imine (C=N–C) groups is 1. The minimum absolute atomic E-state index is 0.531. The van der Waals surface area contributed by atoms with Gasteiger partial charge in [-0.25, -0.2) is 14.7 Å². The van der Waals surface area contributed by atoms with Crippen LogP contribution in [0.2, 0.25) is 0 Å². The summed E-state index contributed by atoms with van der Waals surface area (Å²) < 4.78 is 1.80. The van der Waals surface area contributed by atoms with Gasteiger partial charge in [-0.15, -0.1) is 0 Å². The minimum Gasteiger partial charge on any atom is -0.370 e. The number of rotatable bonds is 5. The summed E-state index contributed by atoms with van der Waals surface area (Å²) in [6.07, 6.45) is 5.64. The number of hydrogen-bond donors (Lipinski definition) is 2. The molecular formula is C14H18N6. The monoisotopic (exact) mass is 270 g/mol. The van der Waals surface area contributed by atoms with E-state index in [9.17, 15) is 0 Å². The second-order valence-electron chi connectivity index (χ2n) is 4.98. The van der Waals surface area contributed by atoms with E-state index in [-0.39, 0.29) is 0 Å². The first-order valence-corrected chi connectivity index (χ1v) is 6.77. The molecule has 3 rings (SSSR count). The number of nitrogens with zero attached hydrogens (tertiary/aromatic N) is 4. The van der Waals surface area contributed by atoms with E-state index in [1.807, 2.05) is 12.1 Å². The van der Waals surface area contributed by atoms with Crippen LogP contribution in [0.3, 0.4) is 0 Å². The molecule has 3 N–H and O–H groups in total. The first-order valence-electron chi connectivity index (χ1n) is 6.77. The summed E-state index contributed by atoms with van der Waals surface area (Å²) in [5.74, 6) is 0.531. The van der Waals surface area contributed by atoms with Gasteiger partial charge in [-0.3, -0.25) is 0 Å². The molecule has 1 aromatic heterocycles. The fourth-order valence-corrected chi connectivity index (χ4v) is 2.01. The molecule has 0 spiro atoms. The van der Waals surface area contributed by atoms with Crippen molar-refractivity contribution in [1.29, 1.82) is 0 Å². The van der Waals surface area contributed by atoms with E-state index in [0.29, 0.717) is 25.1 Å². The van der Waals surface area contributed by atoms with Crippen molar-refractivity contribution in [3.8, 4) is 0 Å². The molecule has 104 valence electrons. The normalized spacial score (nSPS) is 15.3. The average molecular weight is 270 g/mol. The lowest BCUT2D eigenvalue weighted by atomic mass is 10.1. The van der Waals surface area contributed by atoms with Gasteiger partial charge in [-0.05, 0) is 24.0 Å². The van der Waals surface area contributed by atoms with Crippen molar-refractivity contribution in [1.82, 2.24) is 20.1 Å². The average Bonchev–Trinajstić information content (AvgIpc) is 3.11. The first kappa shape index (κ1) is 12.7. The highest BCUT2D eigenvalue weighted by molar-refractivity contribution is 5.78. The minimum atomic E-state index is 0.531. The molecule has 0 atom stereocenters. The molecule has 0 amide bonds. The molecule has 1 fully saturated rings. The van der Waals surface area contributed by atoms with Crippen molar-refractivity contribution in [2.24, 2.45) is 10.7 Å². The van der Waals surface area contributed by atoms with Crippen LogP contribution in [0.1, 0.15) is 24.0 Å². The Kier molecular flexibility index (Phi) is 3.62. The lowest BCUT2D eigenvalue weighted by Crippen LogP contribution is -2.33. The lowest BCUT2D eigenvalue weighted by Gasteiger charge is -2.08. The summed E-state index contributed by atoms with van der Waals surface area (Å²) >= 11 is 0. The predicted octanol–water partition coefficient (Wildman–Crippen LogP) is 0.893. The summed E-state index contributed by atoms with van der Waals surface area (Å²) in [7, 11) is 0. The van der Waals surface area contributed by atoms with Crippen LogP contribution in [-0.4, -0.2) is 26.8 Å². The summed E-state index contributed by atoms with van der Waals surface area (Å²) in [5.41, 5.74) is 8.20. The standard InChI is InChI=1S/C14H18N6/c15-14(19-13-5-6-13)17-7-11-3-1-2-4-12(11)8-20-10-16-9-18-20/h1-4,9-10,13H,5-8H2,(H3,15,17,19). The number of nitrogens with two attached hydrogens (primary N) is 1. The number of aromatic nitrogens is 3. The Bertz CT molecular complexity index is 585. The van der Waals surface area contributed by atoms with Crippen molar-refractivity contribution >= 4 is 5.96 Å². The van der Waals surface area contributed by atoms with Crippen LogP contribution < -0.4 is 11.1 Å². The van der Waals surface area contributed by atoms with Crippen LogP contribution in [0.15, 0.2) is 41.9 Å². The molecule has 0 bridgehead atoms. The van der Waals surface area contributed by atoms with E-state index in [0.717, 1.165) is 5.56 Å². The fourth-order valence-electron chi connectivity index (χ4n) is 2.01. The molecule has 2 aromatic rings. The van der Waals surface area contributed by atoms with Crippen LogP contribution in [0.25, 0.3) is 0 Å². The van der Waals surface area contributed by atoms with Crippen molar-refractivity contribution in [3.05, 3.63) is 48.0 Å². The molecule has 0 radical (unpaired) electrons. The molecule has 1 aliphatic rings. The highest BCUT2D eigenvalue weighted by Crippen LogP contribution is 2.18. The van der Waals surface area contributed by atoms with Gasteiger partial charge in [0.1, 0.15) is 12.7 Å². The zero-order chi connectivity index (χ0) is 13.8. The van der Waals surface area contributed by atoms with Crippen molar-refractivity contribution < 1.29 is 0 Å². The van der Waals surface area contributed by atoms with Crippen molar-refractivity contribution in [3.63, 3.8) is 0 Å².